The highest BCUT2D eigenvalue weighted by Gasteiger charge is 2.45. The van der Waals surface area contributed by atoms with Crippen LogP contribution < -0.4 is 5.32 Å². The van der Waals surface area contributed by atoms with Crippen LogP contribution in [0.15, 0.2) is 72.8 Å². The monoisotopic (exact) mass is 496 g/mol. The van der Waals surface area contributed by atoms with Crippen molar-refractivity contribution in [2.45, 2.75) is 30.7 Å². The molecule has 1 N–H and O–H groups in total. The van der Waals surface area contributed by atoms with Crippen LogP contribution in [-0.4, -0.2) is 47.2 Å². The zero-order valence-electron chi connectivity index (χ0n) is 20.1. The molecule has 2 unspecified atom stereocenters. The Labute approximate surface area is 215 Å². The normalized spacial score (nSPS) is 22.1. The van der Waals surface area contributed by atoms with E-state index in [1.54, 1.807) is 36.0 Å². The molecule has 36 heavy (non-hydrogen) atoms. The molecule has 182 valence electrons. The lowest BCUT2D eigenvalue weighted by Crippen LogP contribution is -2.51. The van der Waals surface area contributed by atoms with Gasteiger partial charge < -0.3 is 5.32 Å². The van der Waals surface area contributed by atoms with E-state index in [9.17, 15) is 14.4 Å². The van der Waals surface area contributed by atoms with Gasteiger partial charge in [0.15, 0.2) is 0 Å². The standard InChI is InChI=1S/C30H28N2O3S/c1-36-15-14-26(32-29(34)23-12-6-7-13-24(23)30(32)35)28(33)31-17-18-16-25-19-8-2-4-10-21(19)27(18)22-11-5-3-9-20(22)25/h2-13,18,25-27H,14-17H2,1H3,(H,31,33). The van der Waals surface area contributed by atoms with E-state index in [4.69, 9.17) is 0 Å². The van der Waals surface area contributed by atoms with Crippen LogP contribution in [0.4, 0.5) is 0 Å². The third-order valence-corrected chi connectivity index (χ3v) is 8.64. The van der Waals surface area contributed by atoms with Crippen LogP contribution in [0.3, 0.4) is 0 Å². The van der Waals surface area contributed by atoms with Gasteiger partial charge in [-0.05, 0) is 65.2 Å². The average Bonchev–Trinajstić information content (AvgIpc) is 3.17. The fraction of sp³-hybridized carbons (Fsp3) is 0.300. The zero-order chi connectivity index (χ0) is 24.8. The predicted molar refractivity (Wildman–Crippen MR) is 141 cm³/mol. The van der Waals surface area contributed by atoms with E-state index in [1.807, 2.05) is 6.26 Å². The molecule has 4 aliphatic rings. The molecule has 0 saturated heterocycles. The summed E-state index contributed by atoms with van der Waals surface area (Å²) in [6, 6.07) is 23.3. The maximum Gasteiger partial charge on any atom is 0.262 e. The quantitative estimate of drug-likeness (QED) is 0.477. The Kier molecular flexibility index (Phi) is 5.92. The van der Waals surface area contributed by atoms with Gasteiger partial charge in [0.05, 0.1) is 11.1 Å². The molecule has 5 nitrogen and oxygen atoms in total. The summed E-state index contributed by atoms with van der Waals surface area (Å²) in [6.45, 7) is 0.515. The van der Waals surface area contributed by atoms with Gasteiger partial charge in [-0.3, -0.25) is 19.3 Å². The van der Waals surface area contributed by atoms with Crippen molar-refractivity contribution in [1.29, 1.82) is 0 Å². The molecule has 0 radical (unpaired) electrons. The second-order valence-corrected chi connectivity index (χ2v) is 10.8. The van der Waals surface area contributed by atoms with E-state index < -0.39 is 6.04 Å². The first-order valence-corrected chi connectivity index (χ1v) is 13.9. The number of hydrogen-bond acceptors (Lipinski definition) is 4. The number of fused-ring (bicyclic) bond motifs is 2. The highest BCUT2D eigenvalue weighted by atomic mass is 32.2. The van der Waals surface area contributed by atoms with Gasteiger partial charge in [-0.15, -0.1) is 0 Å². The molecule has 7 rings (SSSR count). The molecule has 3 aliphatic carbocycles. The van der Waals surface area contributed by atoms with Crippen molar-refractivity contribution in [3.8, 4) is 0 Å². The number of rotatable bonds is 7. The van der Waals surface area contributed by atoms with Crippen LogP contribution in [0, 0.1) is 5.92 Å². The molecular formula is C30H28N2O3S. The van der Waals surface area contributed by atoms with E-state index in [1.165, 1.54) is 27.2 Å². The highest BCUT2D eigenvalue weighted by Crippen LogP contribution is 2.55. The minimum absolute atomic E-state index is 0.228. The second-order valence-electron chi connectivity index (χ2n) is 9.85. The van der Waals surface area contributed by atoms with Gasteiger partial charge in [-0.1, -0.05) is 60.7 Å². The van der Waals surface area contributed by atoms with E-state index >= 15 is 0 Å². The van der Waals surface area contributed by atoms with Crippen molar-refractivity contribution in [3.05, 3.63) is 106 Å². The fourth-order valence-corrected chi connectivity index (χ4v) is 6.87. The summed E-state index contributed by atoms with van der Waals surface area (Å²) in [5, 5.41) is 3.16. The lowest BCUT2D eigenvalue weighted by atomic mass is 9.59. The molecule has 0 fully saturated rings. The molecule has 2 atom stereocenters. The van der Waals surface area contributed by atoms with Crippen LogP contribution in [0.5, 0.6) is 0 Å². The van der Waals surface area contributed by atoms with Crippen molar-refractivity contribution in [1.82, 2.24) is 10.2 Å². The largest absolute Gasteiger partial charge is 0.354 e. The average molecular weight is 497 g/mol. The molecule has 0 spiro atoms. The summed E-state index contributed by atoms with van der Waals surface area (Å²) >= 11 is 1.60. The number of nitrogens with zero attached hydrogens (tertiary/aromatic N) is 1. The molecular weight excluding hydrogens is 468 g/mol. The predicted octanol–water partition coefficient (Wildman–Crippen LogP) is 4.82. The topological polar surface area (TPSA) is 66.5 Å². The summed E-state index contributed by atoms with van der Waals surface area (Å²) in [4.78, 5) is 41.0. The number of amides is 3. The first kappa shape index (κ1) is 23.0. The van der Waals surface area contributed by atoms with Gasteiger partial charge in [0.1, 0.15) is 6.04 Å². The van der Waals surface area contributed by atoms with Crippen LogP contribution >= 0.6 is 11.8 Å². The minimum Gasteiger partial charge on any atom is -0.354 e. The van der Waals surface area contributed by atoms with Crippen LogP contribution in [0.1, 0.15) is 67.6 Å². The Morgan fingerprint density at radius 1 is 0.889 bits per heavy atom. The molecule has 3 aromatic carbocycles. The molecule has 2 bridgehead atoms. The summed E-state index contributed by atoms with van der Waals surface area (Å²) in [5.74, 6) is 0.487. The lowest BCUT2D eigenvalue weighted by Gasteiger charge is -2.45. The number of hydrogen-bond donors (Lipinski definition) is 1. The molecule has 3 aromatic rings. The lowest BCUT2D eigenvalue weighted by molar-refractivity contribution is -0.125. The summed E-state index contributed by atoms with van der Waals surface area (Å²) in [6.07, 6.45) is 3.37. The highest BCUT2D eigenvalue weighted by molar-refractivity contribution is 7.98. The Hall–Kier alpha value is -3.38. The van der Waals surface area contributed by atoms with Crippen molar-refractivity contribution >= 4 is 29.5 Å². The van der Waals surface area contributed by atoms with Crippen molar-refractivity contribution < 1.29 is 14.4 Å². The number of thioether (sulfide) groups is 1. The number of carbonyl (C=O) groups excluding carboxylic acids is 3. The van der Waals surface area contributed by atoms with Gasteiger partial charge in [0.25, 0.3) is 11.8 Å². The van der Waals surface area contributed by atoms with Crippen LogP contribution in [0.25, 0.3) is 0 Å². The van der Waals surface area contributed by atoms with E-state index in [0.717, 1.165) is 6.42 Å². The second kappa shape index (κ2) is 9.25. The third kappa shape index (κ3) is 3.58. The maximum atomic E-state index is 13.6. The SMILES string of the molecule is CSCCC(C(=O)NCC1CC2c3ccccc3C1c1ccccc12)N1C(=O)c2ccccc2C1=O. The first-order chi connectivity index (χ1) is 17.6. The van der Waals surface area contributed by atoms with E-state index in [-0.39, 0.29) is 29.6 Å². The van der Waals surface area contributed by atoms with Gasteiger partial charge >= 0.3 is 0 Å². The molecule has 3 amide bonds. The van der Waals surface area contributed by atoms with Crippen molar-refractivity contribution in [3.63, 3.8) is 0 Å². The van der Waals surface area contributed by atoms with E-state index in [0.29, 0.717) is 35.8 Å². The number of nitrogens with one attached hydrogen (secondary N) is 1. The first-order valence-electron chi connectivity index (χ1n) is 12.5. The molecule has 0 saturated carbocycles. The number of imide groups is 1. The Morgan fingerprint density at radius 3 is 1.97 bits per heavy atom. The fourth-order valence-electron chi connectivity index (χ4n) is 6.41. The summed E-state index contributed by atoms with van der Waals surface area (Å²) in [5.41, 5.74) is 6.25. The molecule has 0 aromatic heterocycles. The minimum atomic E-state index is -0.815. The Balaban J connectivity index is 1.24. The van der Waals surface area contributed by atoms with Gasteiger partial charge in [-0.25, -0.2) is 0 Å². The van der Waals surface area contributed by atoms with Gasteiger partial charge in [0.2, 0.25) is 5.91 Å². The summed E-state index contributed by atoms with van der Waals surface area (Å²) < 4.78 is 0. The Morgan fingerprint density at radius 2 is 1.42 bits per heavy atom. The Bertz CT molecular complexity index is 1290. The molecule has 6 heteroatoms. The van der Waals surface area contributed by atoms with Gasteiger partial charge in [0, 0.05) is 18.4 Å². The van der Waals surface area contributed by atoms with E-state index in [2.05, 4.69) is 53.8 Å². The van der Waals surface area contributed by atoms with Crippen molar-refractivity contribution in [2.75, 3.05) is 18.6 Å². The van der Waals surface area contributed by atoms with Crippen LogP contribution in [0.2, 0.25) is 0 Å². The molecule has 1 aliphatic heterocycles. The maximum absolute atomic E-state index is 13.6. The third-order valence-electron chi connectivity index (χ3n) is 8.00. The zero-order valence-corrected chi connectivity index (χ0v) is 21.0. The number of benzene rings is 3. The van der Waals surface area contributed by atoms with Crippen LogP contribution in [-0.2, 0) is 4.79 Å². The smallest absolute Gasteiger partial charge is 0.262 e. The van der Waals surface area contributed by atoms with Gasteiger partial charge in [-0.2, -0.15) is 11.8 Å². The summed E-state index contributed by atoms with van der Waals surface area (Å²) in [7, 11) is 0. The molecule has 1 heterocycles. The number of carbonyl (C=O) groups is 3. The van der Waals surface area contributed by atoms with Crippen molar-refractivity contribution in [2.24, 2.45) is 5.92 Å².